The van der Waals surface area contributed by atoms with Gasteiger partial charge in [0.15, 0.2) is 0 Å². The van der Waals surface area contributed by atoms with Crippen molar-refractivity contribution in [1.82, 2.24) is 0 Å². The quantitative estimate of drug-likeness (QED) is 0.140. The second-order valence-electron chi connectivity index (χ2n) is 7.29. The number of hydrogen-bond donors (Lipinski definition) is 3. The molecule has 0 radical (unpaired) electrons. The Labute approximate surface area is 178 Å². The van der Waals surface area contributed by atoms with E-state index in [1.165, 1.54) is 43.5 Å². The van der Waals surface area contributed by atoms with Crippen molar-refractivity contribution >= 4 is 29.0 Å². The minimum atomic E-state index is -1.51. The SMILES string of the molecule is O=C([O-])/C=C\C(=O)O.O=[N+]([O-])c1ccc([NH2+]CC(O)CON=C(C2CC2)C2CC2)cc1. The van der Waals surface area contributed by atoms with Gasteiger partial charge in [-0.15, -0.1) is 0 Å². The fraction of sp³-hybridized carbons (Fsp3) is 0.450. The smallest absolute Gasteiger partial charge is 0.328 e. The summed E-state index contributed by atoms with van der Waals surface area (Å²) in [5.41, 5.74) is 2.10. The third-order valence-electron chi connectivity index (χ3n) is 4.52. The van der Waals surface area contributed by atoms with E-state index >= 15 is 0 Å². The number of aliphatic hydroxyl groups excluding tert-OH is 1. The number of quaternary nitrogens is 1. The van der Waals surface area contributed by atoms with Crippen LogP contribution in [0.5, 0.6) is 0 Å². The molecule has 2 fully saturated rings. The summed E-state index contributed by atoms with van der Waals surface area (Å²) in [6.45, 7) is 0.599. The van der Waals surface area contributed by atoms with Crippen LogP contribution in [0.15, 0.2) is 41.6 Å². The van der Waals surface area contributed by atoms with Crippen LogP contribution in [0.1, 0.15) is 25.7 Å². The summed E-state index contributed by atoms with van der Waals surface area (Å²) in [7, 11) is 0. The molecule has 0 bridgehead atoms. The Hall–Kier alpha value is -3.31. The Balaban J connectivity index is 0.000000366. The maximum atomic E-state index is 10.6. The van der Waals surface area contributed by atoms with Gasteiger partial charge in [0.25, 0.3) is 5.69 Å². The van der Waals surface area contributed by atoms with E-state index < -0.39 is 23.0 Å². The number of nitro benzene ring substituents is 1. The third kappa shape index (κ3) is 9.83. The zero-order chi connectivity index (χ0) is 22.8. The largest absolute Gasteiger partial charge is 0.545 e. The lowest BCUT2D eigenvalue weighted by Crippen LogP contribution is -2.80. The number of carbonyl (C=O) groups excluding carboxylic acids is 1. The predicted molar refractivity (Wildman–Crippen MR) is 106 cm³/mol. The van der Waals surface area contributed by atoms with Crippen LogP contribution >= 0.6 is 0 Å². The average molecular weight is 435 g/mol. The van der Waals surface area contributed by atoms with Crippen molar-refractivity contribution in [2.75, 3.05) is 13.2 Å². The van der Waals surface area contributed by atoms with E-state index in [4.69, 9.17) is 9.94 Å². The summed E-state index contributed by atoms with van der Waals surface area (Å²) >= 11 is 0. The van der Waals surface area contributed by atoms with Crippen LogP contribution in [-0.2, 0) is 14.4 Å². The van der Waals surface area contributed by atoms with Gasteiger partial charge in [-0.05, 0) is 31.8 Å². The molecule has 168 valence electrons. The molecule has 0 aromatic heterocycles. The highest BCUT2D eigenvalue weighted by atomic mass is 16.6. The van der Waals surface area contributed by atoms with E-state index in [2.05, 4.69) is 5.16 Å². The zero-order valence-electron chi connectivity index (χ0n) is 16.8. The van der Waals surface area contributed by atoms with Crippen molar-refractivity contribution in [3.8, 4) is 0 Å². The highest BCUT2D eigenvalue weighted by molar-refractivity contribution is 5.92. The van der Waals surface area contributed by atoms with Crippen molar-refractivity contribution in [3.63, 3.8) is 0 Å². The molecule has 11 heteroatoms. The standard InChI is InChI=1S/C16H21N3O4.C4H4O4/c20-15(9-17-13-5-7-14(8-6-13)19(21)22)10-23-18-16(11-1-2-11)12-3-4-12;5-3(6)1-2-4(7)8/h5-8,11-12,15,17,20H,1-4,9-10H2;1-2H,(H,5,6)(H,7,8)/b;2-1-. The third-order valence-corrected chi connectivity index (χ3v) is 4.52. The maximum Gasteiger partial charge on any atom is 0.328 e. The monoisotopic (exact) mass is 435 g/mol. The van der Waals surface area contributed by atoms with E-state index in [1.54, 1.807) is 12.1 Å². The zero-order valence-corrected chi connectivity index (χ0v) is 16.8. The molecule has 0 amide bonds. The first-order valence-electron chi connectivity index (χ1n) is 9.83. The molecule has 2 aliphatic carbocycles. The average Bonchev–Trinajstić information content (AvgIpc) is 3.62. The summed E-state index contributed by atoms with van der Waals surface area (Å²) in [6, 6.07) is 6.25. The van der Waals surface area contributed by atoms with Gasteiger partial charge in [-0.1, -0.05) is 5.16 Å². The summed E-state index contributed by atoms with van der Waals surface area (Å²) in [6.07, 6.45) is 5.18. The topological polar surface area (TPSA) is 179 Å². The molecule has 1 aromatic rings. The fourth-order valence-corrected chi connectivity index (χ4v) is 2.65. The Bertz CT molecular complexity index is 799. The Morgan fingerprint density at radius 1 is 1.19 bits per heavy atom. The molecule has 1 unspecified atom stereocenters. The molecular weight excluding hydrogens is 410 g/mol. The van der Waals surface area contributed by atoms with E-state index in [9.17, 15) is 29.9 Å². The van der Waals surface area contributed by atoms with Crippen LogP contribution in [0.2, 0.25) is 0 Å². The molecule has 0 aliphatic heterocycles. The summed E-state index contributed by atoms with van der Waals surface area (Å²) in [4.78, 5) is 34.4. The summed E-state index contributed by atoms with van der Waals surface area (Å²) < 4.78 is 0. The van der Waals surface area contributed by atoms with Gasteiger partial charge >= 0.3 is 5.97 Å². The molecule has 0 spiro atoms. The number of aliphatic carboxylic acids is 2. The van der Waals surface area contributed by atoms with Gasteiger partial charge in [0, 0.05) is 42.2 Å². The van der Waals surface area contributed by atoms with Crippen molar-refractivity contribution < 1.29 is 40.0 Å². The first-order valence-corrected chi connectivity index (χ1v) is 9.83. The highest BCUT2D eigenvalue weighted by Gasteiger charge is 2.38. The number of carboxylic acids is 2. The number of carbonyl (C=O) groups is 2. The van der Waals surface area contributed by atoms with E-state index in [-0.39, 0.29) is 12.3 Å². The number of non-ortho nitro benzene ring substituents is 1. The van der Waals surface area contributed by atoms with Gasteiger partial charge in [-0.25, -0.2) is 4.79 Å². The molecule has 1 aromatic carbocycles. The lowest BCUT2D eigenvalue weighted by molar-refractivity contribution is -0.580. The number of carboxylic acid groups (broad SMARTS) is 2. The predicted octanol–water partition coefficient (Wildman–Crippen LogP) is -0.280. The van der Waals surface area contributed by atoms with Crippen LogP contribution in [0.3, 0.4) is 0 Å². The first-order chi connectivity index (χ1) is 14.8. The normalized spacial score (nSPS) is 16.0. The van der Waals surface area contributed by atoms with Crippen LogP contribution < -0.4 is 10.4 Å². The number of nitro groups is 1. The molecule has 1 atom stereocenters. The van der Waals surface area contributed by atoms with Gasteiger partial charge < -0.3 is 30.3 Å². The first kappa shape index (κ1) is 24.0. The van der Waals surface area contributed by atoms with Crippen LogP contribution in [0.4, 0.5) is 11.4 Å². The lowest BCUT2D eigenvalue weighted by Gasteiger charge is -2.09. The molecule has 0 saturated heterocycles. The number of oxime groups is 1. The highest BCUT2D eigenvalue weighted by Crippen LogP contribution is 2.42. The van der Waals surface area contributed by atoms with Gasteiger partial charge in [0.2, 0.25) is 0 Å². The number of nitrogens with two attached hydrogens (primary N) is 1. The molecule has 2 saturated carbocycles. The molecule has 3 rings (SSSR count). The Morgan fingerprint density at radius 3 is 2.19 bits per heavy atom. The van der Waals surface area contributed by atoms with Crippen LogP contribution in [-0.4, -0.2) is 52.0 Å². The maximum absolute atomic E-state index is 10.6. The van der Waals surface area contributed by atoms with E-state index in [1.807, 2.05) is 5.32 Å². The van der Waals surface area contributed by atoms with Gasteiger partial charge in [0.1, 0.15) is 24.9 Å². The van der Waals surface area contributed by atoms with Crippen LogP contribution in [0, 0.1) is 22.0 Å². The van der Waals surface area contributed by atoms with Crippen LogP contribution in [0.25, 0.3) is 0 Å². The molecule has 31 heavy (non-hydrogen) atoms. The molecule has 0 heterocycles. The van der Waals surface area contributed by atoms with Gasteiger partial charge in [0.05, 0.1) is 16.6 Å². The number of hydrogen-bond acceptors (Lipinski definition) is 8. The number of rotatable bonds is 11. The number of benzene rings is 1. The number of aliphatic hydroxyl groups is 1. The van der Waals surface area contributed by atoms with E-state index in [0.717, 1.165) is 5.69 Å². The molecule has 11 nitrogen and oxygen atoms in total. The number of nitrogens with zero attached hydrogens (tertiary/aromatic N) is 2. The Morgan fingerprint density at radius 2 is 1.77 bits per heavy atom. The van der Waals surface area contributed by atoms with Gasteiger partial charge in [-0.2, -0.15) is 0 Å². The van der Waals surface area contributed by atoms with Crippen molar-refractivity contribution in [2.45, 2.75) is 31.8 Å². The van der Waals surface area contributed by atoms with Crippen molar-refractivity contribution in [2.24, 2.45) is 17.0 Å². The van der Waals surface area contributed by atoms with Crippen molar-refractivity contribution in [1.29, 1.82) is 0 Å². The van der Waals surface area contributed by atoms with E-state index in [0.29, 0.717) is 30.5 Å². The second kappa shape index (κ2) is 11.8. The summed E-state index contributed by atoms with van der Waals surface area (Å²) in [5.74, 6) is -1.57. The van der Waals surface area contributed by atoms with Gasteiger partial charge in [-0.3, -0.25) is 10.1 Å². The minimum absolute atomic E-state index is 0.0630. The second-order valence-corrected chi connectivity index (χ2v) is 7.29. The summed E-state index contributed by atoms with van der Waals surface area (Å²) in [5, 5.41) is 43.8. The Kier molecular flexibility index (Phi) is 9.10. The molecule has 2 aliphatic rings. The lowest BCUT2D eigenvalue weighted by atomic mass is 10.2. The van der Waals surface area contributed by atoms with Crippen molar-refractivity contribution in [3.05, 3.63) is 46.5 Å². The minimum Gasteiger partial charge on any atom is -0.545 e. The molecular formula is C20H25N3O8. The fourth-order valence-electron chi connectivity index (χ4n) is 2.65. The molecule has 4 N–H and O–H groups in total.